The molecule has 0 amide bonds. The Labute approximate surface area is 268 Å². The minimum atomic E-state index is 1.12. The van der Waals surface area contributed by atoms with Gasteiger partial charge in [-0.25, -0.2) is 0 Å². The normalized spacial score (nSPS) is 10.8. The van der Waals surface area contributed by atoms with Crippen molar-refractivity contribution in [1.29, 1.82) is 0 Å². The number of hydrogen-bond donors (Lipinski definition) is 0. The van der Waals surface area contributed by atoms with E-state index in [1.807, 2.05) is 13.8 Å². The maximum Gasteiger partial charge on any atom is -0.0149 e. The molecule has 44 heavy (non-hydrogen) atoms. The molecule has 0 N–H and O–H groups in total. The molecule has 0 spiro atoms. The molecule has 0 heterocycles. The minimum absolute atomic E-state index is 1.12. The molecule has 0 atom stereocenters. The number of benzene rings is 5. The summed E-state index contributed by atoms with van der Waals surface area (Å²) >= 11 is 0. The number of rotatable bonds is 12. The molecule has 0 bridgehead atoms. The van der Waals surface area contributed by atoms with Crippen LogP contribution in [0.3, 0.4) is 0 Å². The lowest BCUT2D eigenvalue weighted by Gasteiger charge is -2.17. The molecule has 0 aromatic heterocycles. The number of hydrogen-bond acceptors (Lipinski definition) is 0. The molecule has 0 radical (unpaired) electrons. The van der Waals surface area contributed by atoms with E-state index in [1.165, 1.54) is 112 Å². The zero-order chi connectivity index (χ0) is 31.3. The summed E-state index contributed by atoms with van der Waals surface area (Å²) in [5.41, 5.74) is 16.0. The first-order chi connectivity index (χ1) is 21.6. The number of aryl methyl sites for hydroxylation is 4. The molecular weight excluding hydrogens is 528 g/mol. The predicted octanol–water partition coefficient (Wildman–Crippen LogP) is 13.5. The topological polar surface area (TPSA) is 0 Å². The van der Waals surface area contributed by atoms with Crippen LogP contribution < -0.4 is 0 Å². The second-order valence-electron chi connectivity index (χ2n) is 12.0. The monoisotopic (exact) mass is 580 g/mol. The number of unbranched alkanes of at least 4 members (excludes halogenated alkanes) is 4. The van der Waals surface area contributed by atoms with Gasteiger partial charge in [0.25, 0.3) is 0 Å². The van der Waals surface area contributed by atoms with E-state index in [1.54, 1.807) is 0 Å². The van der Waals surface area contributed by atoms with Crippen LogP contribution in [-0.4, -0.2) is 0 Å². The lowest BCUT2D eigenvalue weighted by Crippen LogP contribution is -1.96. The zero-order valence-corrected chi connectivity index (χ0v) is 28.0. The highest BCUT2D eigenvalue weighted by Crippen LogP contribution is 2.35. The van der Waals surface area contributed by atoms with Crippen molar-refractivity contribution in [2.45, 2.75) is 92.9 Å². The van der Waals surface area contributed by atoms with Crippen molar-refractivity contribution >= 4 is 0 Å². The van der Waals surface area contributed by atoms with E-state index in [0.717, 1.165) is 6.42 Å². The average molecular weight is 581 g/mol. The summed E-state index contributed by atoms with van der Waals surface area (Å²) in [6.45, 7) is 12.9. The summed E-state index contributed by atoms with van der Waals surface area (Å²) in [4.78, 5) is 0. The molecule has 5 aromatic rings. The van der Waals surface area contributed by atoms with Gasteiger partial charge in [0.2, 0.25) is 0 Å². The highest BCUT2D eigenvalue weighted by atomic mass is 14.2. The predicted molar refractivity (Wildman–Crippen MR) is 195 cm³/mol. The van der Waals surface area contributed by atoms with E-state index < -0.39 is 0 Å². The van der Waals surface area contributed by atoms with Gasteiger partial charge >= 0.3 is 0 Å². The molecule has 0 aliphatic heterocycles. The first kappa shape index (κ1) is 33.0. The van der Waals surface area contributed by atoms with Gasteiger partial charge in [-0.3, -0.25) is 0 Å². The maximum absolute atomic E-state index is 2.47. The van der Waals surface area contributed by atoms with Crippen LogP contribution >= 0.6 is 0 Å². The van der Waals surface area contributed by atoms with E-state index in [2.05, 4.69) is 137 Å². The Hall–Kier alpha value is -3.90. The van der Waals surface area contributed by atoms with Crippen LogP contribution in [0.25, 0.3) is 44.5 Å². The second-order valence-corrected chi connectivity index (χ2v) is 12.0. The lowest BCUT2D eigenvalue weighted by molar-refractivity contribution is 0.667. The molecule has 0 saturated carbocycles. The van der Waals surface area contributed by atoms with Crippen molar-refractivity contribution in [2.75, 3.05) is 0 Å². The molecular formula is C44H52. The zero-order valence-electron chi connectivity index (χ0n) is 28.0. The third kappa shape index (κ3) is 8.60. The Kier molecular flexibility index (Phi) is 12.6. The molecule has 228 valence electrons. The quantitative estimate of drug-likeness (QED) is 0.129. The standard InChI is InChI=1S/C42H46.C2H6/c1-5-7-9-10-12-40-30-41(38-25-21-37(22-26-38)35-19-15-33(16-20-35)11-8-6-2)32(4)29-42(40)39-27-23-36(24-28-39)34-17-13-31(3)14-18-34;1-2/h13-30H,5-12H2,1-4H3;1-2H3. The van der Waals surface area contributed by atoms with Crippen LogP contribution in [0.5, 0.6) is 0 Å². The van der Waals surface area contributed by atoms with Gasteiger partial charge in [-0.15, -0.1) is 0 Å². The minimum Gasteiger partial charge on any atom is -0.0683 e. The van der Waals surface area contributed by atoms with Crippen molar-refractivity contribution < 1.29 is 0 Å². The Morgan fingerprint density at radius 1 is 0.409 bits per heavy atom. The van der Waals surface area contributed by atoms with Gasteiger partial charge in [0.1, 0.15) is 0 Å². The van der Waals surface area contributed by atoms with E-state index in [0.29, 0.717) is 0 Å². The van der Waals surface area contributed by atoms with Gasteiger partial charge in [-0.05, 0) is 101 Å². The molecule has 0 aliphatic rings. The molecule has 0 unspecified atom stereocenters. The van der Waals surface area contributed by atoms with Crippen molar-refractivity contribution in [3.8, 4) is 44.5 Å². The van der Waals surface area contributed by atoms with Gasteiger partial charge in [-0.2, -0.15) is 0 Å². The van der Waals surface area contributed by atoms with E-state index in [9.17, 15) is 0 Å². The highest BCUT2D eigenvalue weighted by Gasteiger charge is 2.12. The van der Waals surface area contributed by atoms with Crippen LogP contribution in [-0.2, 0) is 12.8 Å². The van der Waals surface area contributed by atoms with E-state index in [4.69, 9.17) is 0 Å². The summed E-state index contributed by atoms with van der Waals surface area (Å²) in [6, 6.07) is 41.2. The first-order valence-electron chi connectivity index (χ1n) is 17.1. The van der Waals surface area contributed by atoms with E-state index in [-0.39, 0.29) is 0 Å². The third-order valence-corrected chi connectivity index (χ3v) is 8.63. The van der Waals surface area contributed by atoms with E-state index >= 15 is 0 Å². The Morgan fingerprint density at radius 2 is 0.864 bits per heavy atom. The second kappa shape index (κ2) is 16.8. The molecule has 5 rings (SSSR count). The first-order valence-corrected chi connectivity index (χ1v) is 17.1. The summed E-state index contributed by atoms with van der Waals surface area (Å²) < 4.78 is 0. The van der Waals surface area contributed by atoms with Crippen molar-refractivity contribution in [1.82, 2.24) is 0 Å². The Bertz CT molecular complexity index is 1550. The van der Waals surface area contributed by atoms with Crippen LogP contribution in [0.2, 0.25) is 0 Å². The molecule has 5 aromatic carbocycles. The largest absolute Gasteiger partial charge is 0.0683 e. The highest BCUT2D eigenvalue weighted by molar-refractivity contribution is 5.79. The van der Waals surface area contributed by atoms with Crippen molar-refractivity contribution in [2.24, 2.45) is 0 Å². The third-order valence-electron chi connectivity index (χ3n) is 8.63. The Morgan fingerprint density at radius 3 is 1.39 bits per heavy atom. The molecule has 0 saturated heterocycles. The fourth-order valence-corrected chi connectivity index (χ4v) is 5.96. The van der Waals surface area contributed by atoms with Crippen LogP contribution in [0, 0.1) is 13.8 Å². The van der Waals surface area contributed by atoms with Crippen LogP contribution in [0.1, 0.15) is 88.5 Å². The van der Waals surface area contributed by atoms with Gasteiger partial charge in [0.05, 0.1) is 0 Å². The summed E-state index contributed by atoms with van der Waals surface area (Å²) in [6.07, 6.45) is 9.87. The van der Waals surface area contributed by atoms with Crippen LogP contribution in [0.4, 0.5) is 0 Å². The van der Waals surface area contributed by atoms with Gasteiger partial charge in [-0.1, -0.05) is 168 Å². The molecule has 0 heteroatoms. The smallest absolute Gasteiger partial charge is 0.0149 e. The van der Waals surface area contributed by atoms with Gasteiger partial charge in [0.15, 0.2) is 0 Å². The summed E-state index contributed by atoms with van der Waals surface area (Å²) in [5, 5.41) is 0. The fraction of sp³-hybridized carbons (Fsp3) is 0.318. The fourth-order valence-electron chi connectivity index (χ4n) is 5.96. The summed E-state index contributed by atoms with van der Waals surface area (Å²) in [5.74, 6) is 0. The van der Waals surface area contributed by atoms with Gasteiger partial charge in [0, 0.05) is 0 Å². The SMILES string of the molecule is CC.CCCCCCc1cc(-c2ccc(-c3ccc(CCCC)cc3)cc2)c(C)cc1-c1ccc(-c2ccc(C)cc2)cc1. The van der Waals surface area contributed by atoms with Crippen molar-refractivity contribution in [3.05, 3.63) is 131 Å². The van der Waals surface area contributed by atoms with Crippen LogP contribution in [0.15, 0.2) is 109 Å². The molecule has 0 aliphatic carbocycles. The molecule has 0 nitrogen and oxygen atoms in total. The lowest BCUT2D eigenvalue weighted by atomic mass is 9.88. The Balaban J connectivity index is 0.00000216. The maximum atomic E-state index is 2.47. The van der Waals surface area contributed by atoms with Crippen molar-refractivity contribution in [3.63, 3.8) is 0 Å². The molecule has 0 fully saturated rings. The average Bonchev–Trinajstić information content (AvgIpc) is 3.08. The summed E-state index contributed by atoms with van der Waals surface area (Å²) in [7, 11) is 0. The van der Waals surface area contributed by atoms with Gasteiger partial charge < -0.3 is 0 Å².